The molecule has 3 heterocycles. The molecular weight excluding hydrogens is 244 g/mol. The Balaban J connectivity index is 1.65. The lowest BCUT2D eigenvalue weighted by atomic mass is 10.00. The van der Waals surface area contributed by atoms with Gasteiger partial charge in [-0.05, 0) is 38.5 Å². The molecule has 0 saturated carbocycles. The predicted octanol–water partition coefficient (Wildman–Crippen LogP) is 2.58. The highest BCUT2D eigenvalue weighted by Crippen LogP contribution is 2.36. The van der Waals surface area contributed by atoms with Crippen LogP contribution in [0.2, 0.25) is 0 Å². The highest BCUT2D eigenvalue weighted by atomic mass is 32.1. The predicted molar refractivity (Wildman–Crippen MR) is 73.7 cm³/mol. The van der Waals surface area contributed by atoms with Crippen molar-refractivity contribution in [1.29, 1.82) is 0 Å². The summed E-state index contributed by atoms with van der Waals surface area (Å²) >= 11 is 1.80. The molecule has 0 amide bonds. The zero-order valence-electron chi connectivity index (χ0n) is 11.0. The fourth-order valence-corrected chi connectivity index (χ4v) is 4.33. The van der Waals surface area contributed by atoms with Crippen LogP contribution in [0.15, 0.2) is 5.38 Å². The molecule has 1 N–H and O–H groups in total. The van der Waals surface area contributed by atoms with Crippen LogP contribution in [0.5, 0.6) is 0 Å². The first-order chi connectivity index (χ1) is 8.76. The maximum absolute atomic E-state index is 9.81. The van der Waals surface area contributed by atoms with Crippen molar-refractivity contribution in [3.8, 4) is 0 Å². The van der Waals surface area contributed by atoms with E-state index in [9.17, 15) is 5.11 Å². The third-order valence-electron chi connectivity index (χ3n) is 4.27. The molecule has 4 heteroatoms. The minimum absolute atomic E-state index is 0.0650. The summed E-state index contributed by atoms with van der Waals surface area (Å²) < 4.78 is 0. The van der Waals surface area contributed by atoms with Gasteiger partial charge in [0, 0.05) is 24.0 Å². The fraction of sp³-hybridized carbons (Fsp3) is 0.786. The lowest BCUT2D eigenvalue weighted by Gasteiger charge is -2.36. The molecule has 2 saturated heterocycles. The van der Waals surface area contributed by atoms with Crippen LogP contribution in [0.1, 0.15) is 49.7 Å². The molecule has 1 aromatic heterocycles. The fourth-order valence-electron chi connectivity index (χ4n) is 3.44. The molecule has 0 aromatic carbocycles. The van der Waals surface area contributed by atoms with Crippen molar-refractivity contribution in [2.75, 3.05) is 0 Å². The van der Waals surface area contributed by atoms with Crippen molar-refractivity contribution < 1.29 is 5.11 Å². The lowest BCUT2D eigenvalue weighted by Crippen LogP contribution is -2.44. The van der Waals surface area contributed by atoms with E-state index in [1.165, 1.54) is 30.0 Å². The molecule has 1 aromatic rings. The summed E-state index contributed by atoms with van der Waals surface area (Å²) in [7, 11) is 0. The molecular formula is C14H22N2OS. The number of fused-ring (bicyclic) bond motifs is 2. The molecule has 18 heavy (non-hydrogen) atoms. The zero-order chi connectivity index (χ0) is 12.5. The van der Waals surface area contributed by atoms with Gasteiger partial charge in [0.15, 0.2) is 0 Å². The molecule has 0 aliphatic carbocycles. The number of hydrogen-bond donors (Lipinski definition) is 1. The van der Waals surface area contributed by atoms with Crippen LogP contribution in [0.4, 0.5) is 0 Å². The number of rotatable bonds is 4. The Morgan fingerprint density at radius 3 is 2.78 bits per heavy atom. The molecule has 100 valence electrons. The second kappa shape index (κ2) is 5.27. The Kier molecular flexibility index (Phi) is 3.68. The molecule has 2 atom stereocenters. The van der Waals surface area contributed by atoms with Crippen molar-refractivity contribution in [2.45, 2.75) is 70.2 Å². The maximum atomic E-state index is 9.81. The van der Waals surface area contributed by atoms with Gasteiger partial charge < -0.3 is 5.11 Å². The summed E-state index contributed by atoms with van der Waals surface area (Å²) in [4.78, 5) is 7.30. The molecule has 2 fully saturated rings. The molecule has 3 rings (SSSR count). The Bertz CT molecular complexity index is 392. The van der Waals surface area contributed by atoms with Gasteiger partial charge in [0.05, 0.1) is 16.8 Å². The molecule has 2 bridgehead atoms. The second-order valence-corrected chi connectivity index (χ2v) is 6.61. The molecule has 2 aliphatic rings. The van der Waals surface area contributed by atoms with Crippen LogP contribution in [-0.4, -0.2) is 33.2 Å². The van der Waals surface area contributed by atoms with E-state index in [4.69, 9.17) is 4.98 Å². The third-order valence-corrected chi connectivity index (χ3v) is 5.22. The summed E-state index contributed by atoms with van der Waals surface area (Å²) in [6, 6.07) is 1.19. The average Bonchev–Trinajstić information content (AvgIpc) is 2.85. The standard InChI is InChI=1S/C14H22N2OS/c1-2-3-14-15-10(9-18-14)8-16-11-4-5-12(16)7-13(17)6-11/h9,11-13,17H,2-8H2,1H3. The van der Waals surface area contributed by atoms with Crippen molar-refractivity contribution in [2.24, 2.45) is 0 Å². The lowest BCUT2D eigenvalue weighted by molar-refractivity contribution is 0.0304. The molecule has 0 spiro atoms. The monoisotopic (exact) mass is 266 g/mol. The topological polar surface area (TPSA) is 36.4 Å². The molecule has 0 radical (unpaired) electrons. The van der Waals surface area contributed by atoms with Gasteiger partial charge in [-0.1, -0.05) is 6.92 Å². The van der Waals surface area contributed by atoms with Gasteiger partial charge in [-0.3, -0.25) is 4.90 Å². The average molecular weight is 266 g/mol. The Morgan fingerprint density at radius 2 is 2.11 bits per heavy atom. The maximum Gasteiger partial charge on any atom is 0.0928 e. The van der Waals surface area contributed by atoms with Gasteiger partial charge in [-0.2, -0.15) is 0 Å². The number of piperidine rings is 1. The normalized spacial score (nSPS) is 32.0. The van der Waals surface area contributed by atoms with Crippen LogP contribution in [0.25, 0.3) is 0 Å². The van der Waals surface area contributed by atoms with E-state index < -0.39 is 0 Å². The first kappa shape index (κ1) is 12.6. The van der Waals surface area contributed by atoms with Crippen LogP contribution >= 0.6 is 11.3 Å². The van der Waals surface area contributed by atoms with E-state index >= 15 is 0 Å². The summed E-state index contributed by atoms with van der Waals surface area (Å²) in [6.07, 6.45) is 6.65. The number of aromatic nitrogens is 1. The second-order valence-electron chi connectivity index (χ2n) is 5.67. The molecule has 2 unspecified atom stereocenters. The van der Waals surface area contributed by atoms with Gasteiger partial charge in [-0.25, -0.2) is 4.98 Å². The zero-order valence-corrected chi connectivity index (χ0v) is 11.8. The van der Waals surface area contributed by atoms with Gasteiger partial charge in [0.2, 0.25) is 0 Å². The van der Waals surface area contributed by atoms with Crippen molar-refractivity contribution >= 4 is 11.3 Å². The number of thiazole rings is 1. The van der Waals surface area contributed by atoms with Gasteiger partial charge in [0.1, 0.15) is 0 Å². The quantitative estimate of drug-likeness (QED) is 0.910. The summed E-state index contributed by atoms with van der Waals surface area (Å²) in [5.41, 5.74) is 1.23. The van der Waals surface area contributed by atoms with Crippen molar-refractivity contribution in [3.05, 3.63) is 16.1 Å². The number of aliphatic hydroxyl groups excluding tert-OH is 1. The summed E-state index contributed by atoms with van der Waals surface area (Å²) in [5, 5.41) is 13.3. The summed E-state index contributed by atoms with van der Waals surface area (Å²) in [6.45, 7) is 3.19. The SMILES string of the molecule is CCCc1nc(CN2C3CCC2CC(O)C3)cs1. The van der Waals surface area contributed by atoms with Crippen LogP contribution in [0.3, 0.4) is 0 Å². The van der Waals surface area contributed by atoms with Crippen molar-refractivity contribution in [3.63, 3.8) is 0 Å². The van der Waals surface area contributed by atoms with Gasteiger partial charge >= 0.3 is 0 Å². The smallest absolute Gasteiger partial charge is 0.0928 e. The van der Waals surface area contributed by atoms with E-state index in [0.29, 0.717) is 12.1 Å². The van der Waals surface area contributed by atoms with Crippen LogP contribution < -0.4 is 0 Å². The van der Waals surface area contributed by atoms with Crippen LogP contribution in [-0.2, 0) is 13.0 Å². The molecule has 2 aliphatic heterocycles. The van der Waals surface area contributed by atoms with Gasteiger partial charge in [-0.15, -0.1) is 11.3 Å². The Morgan fingerprint density at radius 1 is 1.39 bits per heavy atom. The van der Waals surface area contributed by atoms with E-state index in [1.54, 1.807) is 11.3 Å². The largest absolute Gasteiger partial charge is 0.393 e. The minimum Gasteiger partial charge on any atom is -0.393 e. The number of aryl methyl sites for hydroxylation is 1. The number of nitrogens with zero attached hydrogens (tertiary/aromatic N) is 2. The minimum atomic E-state index is -0.0650. The first-order valence-corrected chi connectivity index (χ1v) is 8.01. The Hall–Kier alpha value is -0.450. The number of hydrogen-bond acceptors (Lipinski definition) is 4. The highest BCUT2D eigenvalue weighted by Gasteiger charge is 2.40. The molecule has 3 nitrogen and oxygen atoms in total. The highest BCUT2D eigenvalue weighted by molar-refractivity contribution is 7.09. The Labute approximate surface area is 113 Å². The number of aliphatic hydroxyl groups is 1. The van der Waals surface area contributed by atoms with E-state index in [1.807, 2.05) is 0 Å². The first-order valence-electron chi connectivity index (χ1n) is 7.13. The van der Waals surface area contributed by atoms with E-state index in [2.05, 4.69) is 17.2 Å². The van der Waals surface area contributed by atoms with E-state index in [0.717, 1.165) is 25.8 Å². The summed E-state index contributed by atoms with van der Waals surface area (Å²) in [5.74, 6) is 0. The van der Waals surface area contributed by atoms with Crippen LogP contribution in [0, 0.1) is 0 Å². The van der Waals surface area contributed by atoms with Crippen molar-refractivity contribution in [1.82, 2.24) is 9.88 Å². The van der Waals surface area contributed by atoms with E-state index in [-0.39, 0.29) is 6.10 Å². The third kappa shape index (κ3) is 2.46. The van der Waals surface area contributed by atoms with Gasteiger partial charge in [0.25, 0.3) is 0 Å².